The summed E-state index contributed by atoms with van der Waals surface area (Å²) in [5, 5.41) is 13.7. The number of nitrogens with two attached hydrogens (primary N) is 2. The lowest BCUT2D eigenvalue weighted by molar-refractivity contribution is -0.149. The molecule has 0 aromatic heterocycles. The number of piperidine rings is 2. The minimum absolute atomic E-state index is 0.108. The Morgan fingerprint density at radius 1 is 1.32 bits per heavy atom. The van der Waals surface area contributed by atoms with Crippen LogP contribution in [0, 0.1) is 5.41 Å². The third-order valence-electron chi connectivity index (χ3n) is 5.88. The van der Waals surface area contributed by atoms with E-state index in [0.717, 1.165) is 5.56 Å². The van der Waals surface area contributed by atoms with Crippen LogP contribution < -0.4 is 16.8 Å². The van der Waals surface area contributed by atoms with Crippen molar-refractivity contribution in [1.29, 1.82) is 0 Å². The second kappa shape index (κ2) is 8.28. The van der Waals surface area contributed by atoms with Gasteiger partial charge in [0.2, 0.25) is 17.7 Å². The largest absolute Gasteiger partial charge is 0.391 e. The van der Waals surface area contributed by atoms with E-state index in [4.69, 9.17) is 11.5 Å². The average Bonchev–Trinajstić information content (AvgIpc) is 2.69. The third-order valence-corrected chi connectivity index (χ3v) is 5.88. The molecule has 0 bridgehead atoms. The van der Waals surface area contributed by atoms with Gasteiger partial charge in [0.15, 0.2) is 0 Å². The maximum absolute atomic E-state index is 13.0. The van der Waals surface area contributed by atoms with Crippen molar-refractivity contribution in [3.8, 4) is 0 Å². The Hall–Kier alpha value is -2.45. The van der Waals surface area contributed by atoms with Crippen LogP contribution >= 0.6 is 0 Å². The molecule has 2 fully saturated rings. The first-order valence-corrected chi connectivity index (χ1v) is 9.69. The molecular weight excluding hydrogens is 360 g/mol. The van der Waals surface area contributed by atoms with Gasteiger partial charge in [0.1, 0.15) is 0 Å². The standard InChI is InChI=1S/C20H28N4O4/c21-14(18(22)27)7-8-16(26)24-10-4-9-20(12-24)11-15(25)17(23-19(20)28)13-5-2-1-3-6-13/h1-3,5-6,14-15,17,25H,4,7-12,21H2,(H2,22,27)(H,23,28)/t14-,15+,17-,20+/m0/s1. The lowest BCUT2D eigenvalue weighted by Gasteiger charge is -2.47. The summed E-state index contributed by atoms with van der Waals surface area (Å²) in [6, 6.07) is 8.09. The van der Waals surface area contributed by atoms with Crippen molar-refractivity contribution in [3.63, 3.8) is 0 Å². The number of nitrogens with one attached hydrogen (secondary N) is 1. The normalized spacial score (nSPS) is 28.6. The van der Waals surface area contributed by atoms with E-state index in [-0.39, 0.29) is 31.2 Å². The van der Waals surface area contributed by atoms with E-state index in [0.29, 0.717) is 25.8 Å². The van der Waals surface area contributed by atoms with E-state index in [1.165, 1.54) is 0 Å². The zero-order valence-corrected chi connectivity index (χ0v) is 15.8. The number of rotatable bonds is 5. The second-order valence-corrected chi connectivity index (χ2v) is 7.88. The predicted octanol–water partition coefficient (Wildman–Crippen LogP) is -0.190. The molecule has 28 heavy (non-hydrogen) atoms. The molecule has 0 unspecified atom stereocenters. The maximum Gasteiger partial charge on any atom is 0.234 e. The van der Waals surface area contributed by atoms with Gasteiger partial charge in [0.05, 0.1) is 23.6 Å². The molecule has 3 amide bonds. The summed E-state index contributed by atoms with van der Waals surface area (Å²) in [5.74, 6) is -0.911. The van der Waals surface area contributed by atoms with Gasteiger partial charge in [0.25, 0.3) is 0 Å². The van der Waals surface area contributed by atoms with E-state index < -0.39 is 29.5 Å². The van der Waals surface area contributed by atoms with Crippen LogP contribution in [-0.4, -0.2) is 53.0 Å². The van der Waals surface area contributed by atoms with Crippen LogP contribution in [0.15, 0.2) is 30.3 Å². The average molecular weight is 388 g/mol. The summed E-state index contributed by atoms with van der Waals surface area (Å²) >= 11 is 0. The number of likely N-dealkylation sites (tertiary alicyclic amines) is 1. The number of hydrogen-bond acceptors (Lipinski definition) is 5. The van der Waals surface area contributed by atoms with Gasteiger partial charge in [-0.15, -0.1) is 0 Å². The van der Waals surface area contributed by atoms with Gasteiger partial charge in [-0.3, -0.25) is 14.4 Å². The highest BCUT2D eigenvalue weighted by molar-refractivity contribution is 5.86. The molecule has 0 radical (unpaired) electrons. The molecule has 6 N–H and O–H groups in total. The van der Waals surface area contributed by atoms with E-state index in [1.807, 2.05) is 30.3 Å². The molecule has 2 heterocycles. The molecule has 1 spiro atoms. The molecule has 0 saturated carbocycles. The molecule has 4 atom stereocenters. The highest BCUT2D eigenvalue weighted by Gasteiger charge is 2.49. The van der Waals surface area contributed by atoms with E-state index in [2.05, 4.69) is 5.32 Å². The van der Waals surface area contributed by atoms with Crippen molar-refractivity contribution in [3.05, 3.63) is 35.9 Å². The fraction of sp³-hybridized carbons (Fsp3) is 0.550. The van der Waals surface area contributed by atoms with Crippen molar-refractivity contribution in [2.75, 3.05) is 13.1 Å². The summed E-state index contributed by atoms with van der Waals surface area (Å²) in [4.78, 5) is 38.2. The van der Waals surface area contributed by atoms with Crippen molar-refractivity contribution < 1.29 is 19.5 Å². The van der Waals surface area contributed by atoms with E-state index in [1.54, 1.807) is 4.90 Å². The third kappa shape index (κ3) is 4.18. The molecule has 1 aromatic carbocycles. The van der Waals surface area contributed by atoms with Gasteiger partial charge in [-0.05, 0) is 31.2 Å². The van der Waals surface area contributed by atoms with Crippen LogP contribution in [0.4, 0.5) is 0 Å². The second-order valence-electron chi connectivity index (χ2n) is 7.88. The SMILES string of the molecule is NC(=O)[C@@H](N)CCC(=O)N1CCC[C@@]2(C[C@@H](O)[C@H](c3ccccc3)NC2=O)C1. The van der Waals surface area contributed by atoms with Gasteiger partial charge < -0.3 is 26.8 Å². The Labute approximate surface area is 164 Å². The maximum atomic E-state index is 13.0. The number of nitrogens with zero attached hydrogens (tertiary/aromatic N) is 1. The van der Waals surface area contributed by atoms with Gasteiger partial charge in [-0.2, -0.15) is 0 Å². The van der Waals surface area contributed by atoms with E-state index >= 15 is 0 Å². The first-order valence-electron chi connectivity index (χ1n) is 9.69. The zero-order chi connectivity index (χ0) is 20.3. The number of carbonyl (C=O) groups is 3. The van der Waals surface area contributed by atoms with Crippen molar-refractivity contribution >= 4 is 17.7 Å². The van der Waals surface area contributed by atoms with Crippen molar-refractivity contribution in [1.82, 2.24) is 10.2 Å². The van der Waals surface area contributed by atoms with Gasteiger partial charge in [-0.25, -0.2) is 0 Å². The topological polar surface area (TPSA) is 139 Å². The number of primary amides is 1. The highest BCUT2D eigenvalue weighted by atomic mass is 16.3. The van der Waals surface area contributed by atoms with Gasteiger partial charge >= 0.3 is 0 Å². The number of benzene rings is 1. The molecular formula is C20H28N4O4. The molecule has 3 rings (SSSR count). The molecule has 0 aliphatic carbocycles. The summed E-state index contributed by atoms with van der Waals surface area (Å²) < 4.78 is 0. The molecule has 2 aliphatic rings. The fourth-order valence-corrected chi connectivity index (χ4v) is 4.24. The Kier molecular flexibility index (Phi) is 6.00. The van der Waals surface area contributed by atoms with Crippen LogP contribution in [0.3, 0.4) is 0 Å². The summed E-state index contributed by atoms with van der Waals surface area (Å²) in [7, 11) is 0. The number of carbonyl (C=O) groups excluding carboxylic acids is 3. The highest BCUT2D eigenvalue weighted by Crippen LogP contribution is 2.41. The Bertz CT molecular complexity index is 741. The van der Waals surface area contributed by atoms with Crippen LogP contribution in [-0.2, 0) is 14.4 Å². The lowest BCUT2D eigenvalue weighted by Crippen LogP contribution is -2.60. The first-order chi connectivity index (χ1) is 13.3. The van der Waals surface area contributed by atoms with Crippen LogP contribution in [0.25, 0.3) is 0 Å². The quantitative estimate of drug-likeness (QED) is 0.554. The van der Waals surface area contributed by atoms with Crippen LogP contribution in [0.5, 0.6) is 0 Å². The lowest BCUT2D eigenvalue weighted by atomic mass is 9.70. The smallest absolute Gasteiger partial charge is 0.234 e. The van der Waals surface area contributed by atoms with Crippen LogP contribution in [0.2, 0.25) is 0 Å². The number of amides is 3. The van der Waals surface area contributed by atoms with Crippen molar-refractivity contribution in [2.24, 2.45) is 16.9 Å². The minimum atomic E-state index is -0.853. The summed E-state index contributed by atoms with van der Waals surface area (Å²) in [6.07, 6.45) is 1.19. The molecule has 2 saturated heterocycles. The monoisotopic (exact) mass is 388 g/mol. The van der Waals surface area contributed by atoms with Crippen LogP contribution in [0.1, 0.15) is 43.7 Å². The summed E-state index contributed by atoms with van der Waals surface area (Å²) in [5.41, 5.74) is 10.8. The van der Waals surface area contributed by atoms with E-state index in [9.17, 15) is 19.5 Å². The minimum Gasteiger partial charge on any atom is -0.391 e. The number of aliphatic hydroxyl groups is 1. The molecule has 2 aliphatic heterocycles. The molecule has 8 heteroatoms. The first kappa shape index (κ1) is 20.3. The predicted molar refractivity (Wildman–Crippen MR) is 103 cm³/mol. The Balaban J connectivity index is 1.66. The summed E-state index contributed by atoms with van der Waals surface area (Å²) in [6.45, 7) is 0.819. The molecule has 8 nitrogen and oxygen atoms in total. The molecule has 152 valence electrons. The molecule has 1 aromatic rings. The Morgan fingerprint density at radius 3 is 2.71 bits per heavy atom. The van der Waals surface area contributed by atoms with Gasteiger partial charge in [0, 0.05) is 19.5 Å². The fourth-order valence-electron chi connectivity index (χ4n) is 4.24. The number of hydrogen-bond donors (Lipinski definition) is 4. The van der Waals surface area contributed by atoms with Crippen molar-refractivity contribution in [2.45, 2.75) is 50.3 Å². The van der Waals surface area contributed by atoms with Gasteiger partial charge in [-0.1, -0.05) is 30.3 Å². The number of aliphatic hydroxyl groups excluding tert-OH is 1. The Morgan fingerprint density at radius 2 is 2.04 bits per heavy atom. The zero-order valence-electron chi connectivity index (χ0n) is 15.8.